The van der Waals surface area contributed by atoms with E-state index in [2.05, 4.69) is 25.4 Å². The number of amides is 1. The Balaban J connectivity index is 1.79. The number of halogens is 1. The molecule has 38 heavy (non-hydrogen) atoms. The number of oxime groups is 1. The number of aromatic nitrogens is 3. The Hall–Kier alpha value is -4.32. The van der Waals surface area contributed by atoms with Crippen LogP contribution in [-0.2, 0) is 16.1 Å². The second-order valence-corrected chi connectivity index (χ2v) is 8.97. The number of nitrogens with two attached hydrogens (primary N) is 1. The number of benzene rings is 1. The summed E-state index contributed by atoms with van der Waals surface area (Å²) in [7, 11) is 4.70. The van der Waals surface area contributed by atoms with E-state index >= 15 is 0 Å². The van der Waals surface area contributed by atoms with Gasteiger partial charge >= 0.3 is 0 Å². The topological polar surface area (TPSA) is 148 Å². The summed E-state index contributed by atoms with van der Waals surface area (Å²) in [4.78, 5) is 32.7. The molecular formula is C26H30FN7O4. The van der Waals surface area contributed by atoms with Crippen molar-refractivity contribution in [3.8, 4) is 17.1 Å². The van der Waals surface area contributed by atoms with Crippen LogP contribution in [0.25, 0.3) is 11.3 Å². The monoisotopic (exact) mass is 523 g/mol. The minimum atomic E-state index is -0.995. The summed E-state index contributed by atoms with van der Waals surface area (Å²) in [6, 6.07) is 9.29. The lowest BCUT2D eigenvalue weighted by Gasteiger charge is -2.30. The van der Waals surface area contributed by atoms with Gasteiger partial charge in [-0.05, 0) is 30.7 Å². The van der Waals surface area contributed by atoms with Crippen molar-refractivity contribution in [3.63, 3.8) is 0 Å². The molecule has 11 nitrogen and oxygen atoms in total. The number of hydrogen-bond donors (Lipinski definition) is 3. The molecule has 0 saturated heterocycles. The van der Waals surface area contributed by atoms with Gasteiger partial charge in [-0.3, -0.25) is 4.79 Å². The normalized spacial score (nSPS) is 16.4. The average molecular weight is 524 g/mol. The zero-order valence-electron chi connectivity index (χ0n) is 21.6. The lowest BCUT2D eigenvalue weighted by atomic mass is 9.90. The van der Waals surface area contributed by atoms with Crippen molar-refractivity contribution in [1.29, 1.82) is 0 Å². The van der Waals surface area contributed by atoms with Gasteiger partial charge in [0.1, 0.15) is 5.82 Å². The Labute approximate surface area is 219 Å². The molecule has 0 radical (unpaired) electrons. The molecule has 1 amide bonds. The van der Waals surface area contributed by atoms with Gasteiger partial charge < -0.3 is 30.6 Å². The molecule has 0 fully saturated rings. The largest absolute Gasteiger partial charge is 0.481 e. The Bertz CT molecular complexity index is 1370. The second-order valence-electron chi connectivity index (χ2n) is 8.97. The molecule has 2 atom stereocenters. The van der Waals surface area contributed by atoms with Gasteiger partial charge in [-0.1, -0.05) is 17.3 Å². The molecule has 1 aromatic carbocycles. The van der Waals surface area contributed by atoms with E-state index in [9.17, 15) is 14.3 Å². The van der Waals surface area contributed by atoms with Crippen LogP contribution in [0.3, 0.4) is 0 Å². The SMILES string of the molecule is COc1cccc(-c2cc(F)ccc2[C@H]2Cc3nc(N)nc(C)c3/C(=N/OC(CCO)C(=O)N(C)C)N2)n1. The van der Waals surface area contributed by atoms with Crippen LogP contribution in [0.4, 0.5) is 10.3 Å². The maximum Gasteiger partial charge on any atom is 0.266 e. The lowest BCUT2D eigenvalue weighted by molar-refractivity contribution is -0.142. The fourth-order valence-corrected chi connectivity index (χ4v) is 4.33. The van der Waals surface area contributed by atoms with Crippen molar-refractivity contribution in [2.24, 2.45) is 5.16 Å². The number of likely N-dealkylation sites (N-methyl/N-ethyl adjacent to an activating group) is 1. The third-order valence-electron chi connectivity index (χ3n) is 6.11. The third kappa shape index (κ3) is 5.65. The minimum absolute atomic E-state index is 0.0604. The molecule has 1 aliphatic heterocycles. The summed E-state index contributed by atoms with van der Waals surface area (Å²) in [5, 5.41) is 17.1. The highest BCUT2D eigenvalue weighted by molar-refractivity contribution is 6.02. The highest BCUT2D eigenvalue weighted by Crippen LogP contribution is 2.34. The van der Waals surface area contributed by atoms with E-state index in [1.54, 1.807) is 45.3 Å². The second kappa shape index (κ2) is 11.4. The summed E-state index contributed by atoms with van der Waals surface area (Å²) < 4.78 is 19.7. The number of anilines is 1. The number of nitrogens with one attached hydrogen (secondary N) is 1. The fraction of sp³-hybridized carbons (Fsp3) is 0.346. The number of pyridine rings is 1. The van der Waals surface area contributed by atoms with Gasteiger partial charge in [-0.15, -0.1) is 0 Å². The van der Waals surface area contributed by atoms with E-state index in [1.807, 2.05) is 0 Å². The van der Waals surface area contributed by atoms with Gasteiger partial charge in [0.2, 0.25) is 17.9 Å². The molecule has 3 aromatic rings. The first-order valence-corrected chi connectivity index (χ1v) is 12.0. The zero-order chi connectivity index (χ0) is 27.4. The molecule has 0 saturated carbocycles. The van der Waals surface area contributed by atoms with Crippen molar-refractivity contribution in [3.05, 3.63) is 64.7 Å². The van der Waals surface area contributed by atoms with E-state index in [1.165, 1.54) is 24.1 Å². The van der Waals surface area contributed by atoms with Gasteiger partial charge in [0, 0.05) is 45.2 Å². The number of ether oxygens (including phenoxy) is 1. The van der Waals surface area contributed by atoms with Crippen molar-refractivity contribution >= 4 is 17.7 Å². The van der Waals surface area contributed by atoms with Crippen molar-refractivity contribution in [2.45, 2.75) is 31.9 Å². The quantitative estimate of drug-likeness (QED) is 0.377. The predicted molar refractivity (Wildman–Crippen MR) is 139 cm³/mol. The van der Waals surface area contributed by atoms with Crippen LogP contribution in [0.15, 0.2) is 41.6 Å². The van der Waals surface area contributed by atoms with Gasteiger partial charge in [0.05, 0.1) is 35.8 Å². The number of hydrogen-bond acceptors (Lipinski definition) is 9. The number of carbonyl (C=O) groups excluding carboxylic acids is 1. The standard InChI is InChI=1S/C26H30FN7O4/c1-14-23-20(32-26(28)29-14)13-19(31-24(23)33-38-21(10-11-35)25(36)34(2)3)16-9-8-15(27)12-17(16)18-6-5-7-22(30-18)37-4/h5-9,12,19,21,35H,10-11,13H2,1-4H3,(H,31,33)(H2,28,29,32)/t19-,21?/m1/s1. The number of nitrogens with zero attached hydrogens (tertiary/aromatic N) is 5. The predicted octanol–water partition coefficient (Wildman–Crippen LogP) is 1.98. The van der Waals surface area contributed by atoms with Crippen LogP contribution in [0.1, 0.15) is 35.0 Å². The molecule has 1 unspecified atom stereocenters. The number of methoxy groups -OCH3 is 1. The summed E-state index contributed by atoms with van der Waals surface area (Å²) in [5.74, 6) is 0.0328. The molecule has 0 bridgehead atoms. The number of rotatable bonds is 8. The van der Waals surface area contributed by atoms with Crippen LogP contribution in [0.2, 0.25) is 0 Å². The molecule has 1 aliphatic rings. The highest BCUT2D eigenvalue weighted by atomic mass is 19.1. The molecule has 200 valence electrons. The fourth-order valence-electron chi connectivity index (χ4n) is 4.33. The number of aliphatic hydroxyl groups is 1. The molecular weight excluding hydrogens is 493 g/mol. The Morgan fingerprint density at radius 2 is 2.08 bits per heavy atom. The Morgan fingerprint density at radius 3 is 2.79 bits per heavy atom. The smallest absolute Gasteiger partial charge is 0.266 e. The van der Waals surface area contributed by atoms with Crippen molar-refractivity contribution in [1.82, 2.24) is 25.2 Å². The molecule has 0 aliphatic carbocycles. The van der Waals surface area contributed by atoms with E-state index in [0.717, 1.165) is 5.56 Å². The summed E-state index contributed by atoms with van der Waals surface area (Å²) in [5.41, 5.74) is 9.56. The molecule has 12 heteroatoms. The number of fused-ring (bicyclic) bond motifs is 1. The molecule has 0 spiro atoms. The molecule has 4 N–H and O–H groups in total. The Kier molecular flexibility index (Phi) is 8.01. The minimum Gasteiger partial charge on any atom is -0.481 e. The third-order valence-corrected chi connectivity index (χ3v) is 6.11. The maximum absolute atomic E-state index is 14.4. The van der Waals surface area contributed by atoms with Gasteiger partial charge in [-0.25, -0.2) is 19.3 Å². The summed E-state index contributed by atoms with van der Waals surface area (Å²) in [6.07, 6.45) is -0.544. The van der Waals surface area contributed by atoms with E-state index in [4.69, 9.17) is 15.3 Å². The summed E-state index contributed by atoms with van der Waals surface area (Å²) >= 11 is 0. The number of amidine groups is 1. The van der Waals surface area contributed by atoms with E-state index in [0.29, 0.717) is 40.5 Å². The van der Waals surface area contributed by atoms with Gasteiger partial charge in [-0.2, -0.15) is 0 Å². The highest BCUT2D eigenvalue weighted by Gasteiger charge is 2.31. The first-order chi connectivity index (χ1) is 18.2. The summed E-state index contributed by atoms with van der Waals surface area (Å²) in [6.45, 7) is 1.51. The van der Waals surface area contributed by atoms with E-state index < -0.39 is 18.0 Å². The van der Waals surface area contributed by atoms with Crippen molar-refractivity contribution in [2.75, 3.05) is 33.5 Å². The van der Waals surface area contributed by atoms with Crippen LogP contribution in [0, 0.1) is 12.7 Å². The first-order valence-electron chi connectivity index (χ1n) is 12.0. The number of aliphatic hydroxyl groups excluding tert-OH is 1. The number of carbonyl (C=O) groups is 1. The lowest BCUT2D eigenvalue weighted by Crippen LogP contribution is -2.40. The van der Waals surface area contributed by atoms with Crippen LogP contribution < -0.4 is 15.8 Å². The number of nitrogen functional groups attached to an aromatic ring is 1. The molecule has 3 heterocycles. The molecule has 4 rings (SSSR count). The van der Waals surface area contributed by atoms with Gasteiger partial charge in [0.25, 0.3) is 5.91 Å². The van der Waals surface area contributed by atoms with Crippen LogP contribution in [0.5, 0.6) is 5.88 Å². The van der Waals surface area contributed by atoms with Crippen LogP contribution >= 0.6 is 0 Å². The van der Waals surface area contributed by atoms with Gasteiger partial charge in [0.15, 0.2) is 5.84 Å². The average Bonchev–Trinajstić information content (AvgIpc) is 2.89. The van der Waals surface area contributed by atoms with Crippen molar-refractivity contribution < 1.29 is 23.9 Å². The zero-order valence-corrected chi connectivity index (χ0v) is 21.6. The molecule has 2 aromatic heterocycles. The first kappa shape index (κ1) is 26.7. The van der Waals surface area contributed by atoms with Crippen LogP contribution in [-0.4, -0.2) is 70.6 Å². The number of aryl methyl sites for hydroxylation is 1. The van der Waals surface area contributed by atoms with E-state index in [-0.39, 0.29) is 30.7 Å². The Morgan fingerprint density at radius 1 is 1.29 bits per heavy atom. The maximum atomic E-state index is 14.4.